The van der Waals surface area contributed by atoms with E-state index in [1.807, 2.05) is 0 Å². The maximum atomic E-state index is 12.9. The third-order valence-corrected chi connectivity index (χ3v) is 6.02. The first-order valence-corrected chi connectivity index (χ1v) is 10.1. The van der Waals surface area contributed by atoms with E-state index >= 15 is 0 Å². The zero-order chi connectivity index (χ0) is 20.9. The molecule has 0 spiro atoms. The number of rotatable bonds is 8. The molecule has 0 radical (unpaired) electrons. The van der Waals surface area contributed by atoms with Crippen molar-refractivity contribution in [1.82, 2.24) is 4.31 Å². The Morgan fingerprint density at radius 1 is 1.11 bits per heavy atom. The minimum absolute atomic E-state index is 0.0489. The smallest absolute Gasteiger partial charge is 0.339 e. The molecule has 9 heteroatoms. The Balaban J connectivity index is 1.96. The van der Waals surface area contributed by atoms with Gasteiger partial charge in [-0.05, 0) is 48.9 Å². The molecular formula is C19H19ClFNO5S. The molecule has 0 saturated heterocycles. The van der Waals surface area contributed by atoms with Crippen molar-refractivity contribution >= 4 is 33.4 Å². The Kier molecular flexibility index (Phi) is 7.29. The van der Waals surface area contributed by atoms with Gasteiger partial charge in [0.1, 0.15) is 5.82 Å². The lowest BCUT2D eigenvalue weighted by atomic mass is 10.1. The predicted molar refractivity (Wildman–Crippen MR) is 103 cm³/mol. The van der Waals surface area contributed by atoms with Crippen LogP contribution in [-0.4, -0.2) is 45.2 Å². The zero-order valence-electron chi connectivity index (χ0n) is 15.3. The van der Waals surface area contributed by atoms with Crippen LogP contribution in [0.15, 0.2) is 47.4 Å². The lowest BCUT2D eigenvalue weighted by Crippen LogP contribution is -2.22. The Morgan fingerprint density at radius 3 is 2.36 bits per heavy atom. The standard InChI is InChI=1S/C19H19ClFNO5S/c1-22(2)28(25,26)15-9-10-17(20)16(12-15)19(24)27-11-3-4-18(23)13-5-7-14(21)8-6-13/h5-10,12H,3-4,11H2,1-2H3. The Bertz CT molecular complexity index is 974. The summed E-state index contributed by atoms with van der Waals surface area (Å²) in [6.07, 6.45) is 0.372. The second-order valence-electron chi connectivity index (χ2n) is 6.10. The molecule has 0 aliphatic carbocycles. The average Bonchev–Trinajstić information content (AvgIpc) is 2.65. The van der Waals surface area contributed by atoms with Gasteiger partial charge in [0, 0.05) is 26.1 Å². The van der Waals surface area contributed by atoms with Crippen LogP contribution < -0.4 is 0 Å². The van der Waals surface area contributed by atoms with Crippen molar-refractivity contribution in [3.8, 4) is 0 Å². The van der Waals surface area contributed by atoms with E-state index in [1.165, 1.54) is 50.5 Å². The molecule has 28 heavy (non-hydrogen) atoms. The molecule has 2 aromatic rings. The van der Waals surface area contributed by atoms with Crippen LogP contribution in [0.5, 0.6) is 0 Å². The van der Waals surface area contributed by atoms with Crippen LogP contribution in [0, 0.1) is 5.82 Å². The van der Waals surface area contributed by atoms with E-state index in [4.69, 9.17) is 16.3 Å². The molecule has 0 amide bonds. The van der Waals surface area contributed by atoms with Gasteiger partial charge in [0.05, 0.1) is 22.1 Å². The summed E-state index contributed by atoms with van der Waals surface area (Å²) in [5.41, 5.74) is 0.298. The number of hydrogen-bond acceptors (Lipinski definition) is 5. The van der Waals surface area contributed by atoms with Crippen LogP contribution in [-0.2, 0) is 14.8 Å². The molecule has 0 saturated carbocycles. The summed E-state index contributed by atoms with van der Waals surface area (Å²) in [6.45, 7) is -0.0489. The lowest BCUT2D eigenvalue weighted by Gasteiger charge is -2.13. The predicted octanol–water partition coefficient (Wildman–Crippen LogP) is 3.55. The van der Waals surface area contributed by atoms with Crippen molar-refractivity contribution in [3.05, 3.63) is 64.4 Å². The molecule has 0 aromatic heterocycles. The molecule has 0 aliphatic heterocycles. The Morgan fingerprint density at radius 2 is 1.75 bits per heavy atom. The summed E-state index contributed by atoms with van der Waals surface area (Å²) in [7, 11) is -0.974. The van der Waals surface area contributed by atoms with E-state index < -0.39 is 21.8 Å². The molecule has 0 N–H and O–H groups in total. The van der Waals surface area contributed by atoms with Crippen LogP contribution in [0.3, 0.4) is 0 Å². The van der Waals surface area contributed by atoms with E-state index in [9.17, 15) is 22.4 Å². The van der Waals surface area contributed by atoms with Crippen LogP contribution in [0.2, 0.25) is 5.02 Å². The molecule has 2 aromatic carbocycles. The molecule has 0 unspecified atom stereocenters. The SMILES string of the molecule is CN(C)S(=O)(=O)c1ccc(Cl)c(C(=O)OCCCC(=O)c2ccc(F)cc2)c1. The fourth-order valence-corrected chi connectivity index (χ4v) is 3.41. The second kappa shape index (κ2) is 9.27. The van der Waals surface area contributed by atoms with Crippen molar-refractivity contribution < 1.29 is 27.1 Å². The van der Waals surface area contributed by atoms with E-state index in [0.717, 1.165) is 10.4 Å². The molecule has 0 atom stereocenters. The van der Waals surface area contributed by atoms with Gasteiger partial charge >= 0.3 is 5.97 Å². The van der Waals surface area contributed by atoms with Gasteiger partial charge < -0.3 is 4.74 Å². The van der Waals surface area contributed by atoms with Gasteiger partial charge in [-0.3, -0.25) is 4.79 Å². The molecule has 0 aliphatic rings. The summed E-state index contributed by atoms with van der Waals surface area (Å²) in [5, 5.41) is 0.0603. The molecular weight excluding hydrogens is 409 g/mol. The van der Waals surface area contributed by atoms with Crippen LogP contribution in [0.25, 0.3) is 0 Å². The maximum Gasteiger partial charge on any atom is 0.339 e. The Labute approximate surface area is 167 Å². The van der Waals surface area contributed by atoms with E-state index in [-0.39, 0.29) is 40.7 Å². The highest BCUT2D eigenvalue weighted by atomic mass is 35.5. The van der Waals surface area contributed by atoms with E-state index in [0.29, 0.717) is 5.56 Å². The third kappa shape index (κ3) is 5.37. The molecule has 0 fully saturated rings. The number of benzene rings is 2. The fraction of sp³-hybridized carbons (Fsp3) is 0.263. The fourth-order valence-electron chi connectivity index (χ4n) is 2.29. The first kappa shape index (κ1) is 22.0. The molecule has 0 bridgehead atoms. The lowest BCUT2D eigenvalue weighted by molar-refractivity contribution is 0.0494. The summed E-state index contributed by atoms with van der Waals surface area (Å²) >= 11 is 5.98. The number of nitrogens with zero attached hydrogens (tertiary/aromatic N) is 1. The number of esters is 1. The highest BCUT2D eigenvalue weighted by Gasteiger charge is 2.21. The number of Topliss-reactive ketones (excluding diaryl/α,β-unsaturated/α-hetero) is 1. The van der Waals surface area contributed by atoms with Crippen molar-refractivity contribution in [2.75, 3.05) is 20.7 Å². The van der Waals surface area contributed by atoms with Gasteiger partial charge in [-0.15, -0.1) is 0 Å². The monoisotopic (exact) mass is 427 g/mol. The van der Waals surface area contributed by atoms with Crippen LogP contribution in [0.1, 0.15) is 33.6 Å². The van der Waals surface area contributed by atoms with Gasteiger partial charge in [0.2, 0.25) is 10.0 Å². The first-order chi connectivity index (χ1) is 13.1. The highest BCUT2D eigenvalue weighted by molar-refractivity contribution is 7.89. The topological polar surface area (TPSA) is 80.8 Å². The summed E-state index contributed by atoms with van der Waals surface area (Å²) in [4.78, 5) is 24.1. The first-order valence-electron chi connectivity index (χ1n) is 8.31. The molecule has 2 rings (SSSR count). The third-order valence-electron chi connectivity index (χ3n) is 3.88. The van der Waals surface area contributed by atoms with Crippen LogP contribution in [0.4, 0.5) is 4.39 Å². The van der Waals surface area contributed by atoms with Crippen molar-refractivity contribution in [3.63, 3.8) is 0 Å². The van der Waals surface area contributed by atoms with Gasteiger partial charge in [0.15, 0.2) is 5.78 Å². The molecule has 6 nitrogen and oxygen atoms in total. The summed E-state index contributed by atoms with van der Waals surface area (Å²) in [6, 6.07) is 8.94. The average molecular weight is 428 g/mol. The number of ketones is 1. The van der Waals surface area contributed by atoms with Crippen molar-refractivity contribution in [2.45, 2.75) is 17.7 Å². The van der Waals surface area contributed by atoms with Gasteiger partial charge in [-0.2, -0.15) is 0 Å². The van der Waals surface area contributed by atoms with E-state index in [2.05, 4.69) is 0 Å². The maximum absolute atomic E-state index is 12.9. The van der Waals surface area contributed by atoms with Gasteiger partial charge in [-0.25, -0.2) is 21.9 Å². The zero-order valence-corrected chi connectivity index (χ0v) is 16.9. The quantitative estimate of drug-likeness (QED) is 0.365. The number of sulfonamides is 1. The largest absolute Gasteiger partial charge is 0.462 e. The minimum atomic E-state index is -3.72. The van der Waals surface area contributed by atoms with Gasteiger partial charge in [-0.1, -0.05) is 11.6 Å². The normalized spacial score (nSPS) is 11.5. The van der Waals surface area contributed by atoms with E-state index in [1.54, 1.807) is 0 Å². The summed E-state index contributed by atoms with van der Waals surface area (Å²) < 4.78 is 43.3. The van der Waals surface area contributed by atoms with Crippen molar-refractivity contribution in [2.24, 2.45) is 0 Å². The number of carbonyl (C=O) groups excluding carboxylic acids is 2. The summed E-state index contributed by atoms with van der Waals surface area (Å²) in [5.74, 6) is -1.41. The van der Waals surface area contributed by atoms with Crippen LogP contribution >= 0.6 is 11.6 Å². The second-order valence-corrected chi connectivity index (χ2v) is 8.66. The van der Waals surface area contributed by atoms with Crippen molar-refractivity contribution in [1.29, 1.82) is 0 Å². The number of halogens is 2. The molecule has 0 heterocycles. The highest BCUT2D eigenvalue weighted by Crippen LogP contribution is 2.23. The van der Waals surface area contributed by atoms with Gasteiger partial charge in [0.25, 0.3) is 0 Å². The number of carbonyl (C=O) groups is 2. The molecule has 150 valence electrons. The Hall–Kier alpha value is -2.29. The number of ether oxygens (including phenoxy) is 1. The number of hydrogen-bond donors (Lipinski definition) is 0. The minimum Gasteiger partial charge on any atom is -0.462 e.